The maximum absolute atomic E-state index is 13.8. The molecule has 0 saturated carbocycles. The predicted octanol–water partition coefficient (Wildman–Crippen LogP) is 4.06. The molecule has 0 aliphatic heterocycles. The molecule has 0 aromatic heterocycles. The van der Waals surface area contributed by atoms with E-state index in [0.29, 0.717) is 23.1 Å². The molecule has 19 heavy (non-hydrogen) atoms. The lowest BCUT2D eigenvalue weighted by atomic mass is 10.0. The Bertz CT molecular complexity index is 533. The molecule has 4 heteroatoms. The number of para-hydroxylation sites is 1. The van der Waals surface area contributed by atoms with Crippen molar-refractivity contribution in [2.24, 2.45) is 5.73 Å². The zero-order chi connectivity index (χ0) is 13.7. The van der Waals surface area contributed by atoms with Gasteiger partial charge in [0.25, 0.3) is 0 Å². The summed E-state index contributed by atoms with van der Waals surface area (Å²) in [6, 6.07) is 14.3. The summed E-state index contributed by atoms with van der Waals surface area (Å²) in [5.41, 5.74) is 6.49. The third kappa shape index (κ3) is 3.78. The Morgan fingerprint density at radius 1 is 1.11 bits per heavy atom. The third-order valence-electron chi connectivity index (χ3n) is 2.82. The van der Waals surface area contributed by atoms with Gasteiger partial charge in [0.05, 0.1) is 11.1 Å². The minimum absolute atomic E-state index is 0.297. The molecule has 0 amide bonds. The van der Waals surface area contributed by atoms with E-state index in [0.717, 1.165) is 5.75 Å². The second-order valence-corrected chi connectivity index (χ2v) is 5.05. The van der Waals surface area contributed by atoms with E-state index in [1.807, 2.05) is 30.3 Å². The number of halogens is 2. The van der Waals surface area contributed by atoms with Crippen molar-refractivity contribution in [1.29, 1.82) is 0 Å². The Hall–Kier alpha value is -1.39. The van der Waals surface area contributed by atoms with Crippen molar-refractivity contribution in [3.8, 4) is 5.75 Å². The van der Waals surface area contributed by atoms with E-state index in [4.69, 9.17) is 10.5 Å². The molecule has 100 valence electrons. The molecule has 2 N–H and O–H groups in total. The average molecular weight is 324 g/mol. The molecule has 0 bridgehead atoms. The van der Waals surface area contributed by atoms with Gasteiger partial charge < -0.3 is 10.5 Å². The van der Waals surface area contributed by atoms with E-state index in [1.54, 1.807) is 18.2 Å². The van der Waals surface area contributed by atoms with Crippen LogP contribution in [0.25, 0.3) is 0 Å². The Labute approximate surface area is 120 Å². The molecule has 2 aromatic carbocycles. The summed E-state index contributed by atoms with van der Waals surface area (Å²) in [6.45, 7) is 0.455. The second kappa shape index (κ2) is 6.68. The van der Waals surface area contributed by atoms with Gasteiger partial charge in [-0.2, -0.15) is 0 Å². The smallest absolute Gasteiger partial charge is 0.142 e. The fourth-order valence-electron chi connectivity index (χ4n) is 1.78. The van der Waals surface area contributed by atoms with Crippen LogP contribution in [0.2, 0.25) is 0 Å². The van der Waals surface area contributed by atoms with Crippen molar-refractivity contribution >= 4 is 15.9 Å². The molecule has 0 heterocycles. The molecular formula is C15H15BrFNO. The van der Waals surface area contributed by atoms with Crippen molar-refractivity contribution in [2.75, 3.05) is 6.61 Å². The zero-order valence-corrected chi connectivity index (χ0v) is 11.9. The first-order valence-corrected chi connectivity index (χ1v) is 6.85. The van der Waals surface area contributed by atoms with Crippen molar-refractivity contribution in [1.82, 2.24) is 0 Å². The molecule has 2 rings (SSSR count). The largest absolute Gasteiger partial charge is 0.494 e. The topological polar surface area (TPSA) is 35.2 Å². The van der Waals surface area contributed by atoms with Crippen molar-refractivity contribution in [2.45, 2.75) is 12.5 Å². The van der Waals surface area contributed by atoms with Gasteiger partial charge in [0, 0.05) is 18.0 Å². The highest BCUT2D eigenvalue weighted by Gasteiger charge is 2.13. The van der Waals surface area contributed by atoms with Crippen LogP contribution in [0.15, 0.2) is 53.0 Å². The van der Waals surface area contributed by atoms with E-state index >= 15 is 0 Å². The fourth-order valence-corrected chi connectivity index (χ4v) is 2.16. The van der Waals surface area contributed by atoms with E-state index in [2.05, 4.69) is 15.9 Å². The predicted molar refractivity (Wildman–Crippen MR) is 77.6 cm³/mol. The highest BCUT2D eigenvalue weighted by Crippen LogP contribution is 2.24. The van der Waals surface area contributed by atoms with Crippen LogP contribution < -0.4 is 10.5 Å². The summed E-state index contributed by atoms with van der Waals surface area (Å²) in [5.74, 6) is 0.499. The average Bonchev–Trinajstić information content (AvgIpc) is 2.43. The number of hydrogen-bond donors (Lipinski definition) is 1. The Morgan fingerprint density at radius 3 is 2.58 bits per heavy atom. The van der Waals surface area contributed by atoms with Crippen LogP contribution in [0.3, 0.4) is 0 Å². The van der Waals surface area contributed by atoms with E-state index < -0.39 is 0 Å². The standard InChI is InChI=1S/C15H15BrFNO/c16-13-8-4-7-12(15(13)17)14(18)9-10-19-11-5-2-1-3-6-11/h1-8,14H,9-10,18H2. The molecule has 2 aromatic rings. The van der Waals surface area contributed by atoms with Gasteiger partial charge in [0.2, 0.25) is 0 Å². The van der Waals surface area contributed by atoms with Gasteiger partial charge in [0.1, 0.15) is 11.6 Å². The number of rotatable bonds is 5. The molecule has 0 spiro atoms. The summed E-state index contributed by atoms with van der Waals surface area (Å²) >= 11 is 3.16. The minimum Gasteiger partial charge on any atom is -0.494 e. The van der Waals surface area contributed by atoms with Gasteiger partial charge in [0.15, 0.2) is 0 Å². The van der Waals surface area contributed by atoms with Crippen LogP contribution in [-0.4, -0.2) is 6.61 Å². The summed E-state index contributed by atoms with van der Waals surface area (Å²) in [4.78, 5) is 0. The van der Waals surface area contributed by atoms with Gasteiger partial charge in [-0.3, -0.25) is 0 Å². The molecule has 0 radical (unpaired) electrons. The Balaban J connectivity index is 1.91. The highest BCUT2D eigenvalue weighted by atomic mass is 79.9. The van der Waals surface area contributed by atoms with Crippen LogP contribution in [0.5, 0.6) is 5.75 Å². The van der Waals surface area contributed by atoms with Crippen LogP contribution in [0.1, 0.15) is 18.0 Å². The maximum Gasteiger partial charge on any atom is 0.142 e. The van der Waals surface area contributed by atoms with E-state index in [1.165, 1.54) is 0 Å². The van der Waals surface area contributed by atoms with Crippen LogP contribution in [-0.2, 0) is 0 Å². The van der Waals surface area contributed by atoms with E-state index in [-0.39, 0.29) is 11.9 Å². The van der Waals surface area contributed by atoms with Gasteiger partial charge in [-0.05, 0) is 34.1 Å². The molecule has 0 aliphatic rings. The van der Waals surface area contributed by atoms with Crippen LogP contribution >= 0.6 is 15.9 Å². The monoisotopic (exact) mass is 323 g/mol. The van der Waals surface area contributed by atoms with Gasteiger partial charge in [-0.15, -0.1) is 0 Å². The maximum atomic E-state index is 13.8. The SMILES string of the molecule is NC(CCOc1ccccc1)c1cccc(Br)c1F. The summed E-state index contributed by atoms with van der Waals surface area (Å²) in [5, 5.41) is 0. The van der Waals surface area contributed by atoms with Crippen molar-refractivity contribution in [3.05, 3.63) is 64.4 Å². The van der Waals surface area contributed by atoms with Crippen molar-refractivity contribution < 1.29 is 9.13 Å². The lowest BCUT2D eigenvalue weighted by Crippen LogP contribution is -2.15. The normalized spacial score (nSPS) is 12.2. The summed E-state index contributed by atoms with van der Waals surface area (Å²) in [6.07, 6.45) is 0.558. The number of ether oxygens (including phenoxy) is 1. The Morgan fingerprint density at radius 2 is 1.84 bits per heavy atom. The lowest BCUT2D eigenvalue weighted by molar-refractivity contribution is 0.297. The molecule has 1 atom stereocenters. The van der Waals surface area contributed by atoms with Gasteiger partial charge in [-0.25, -0.2) is 4.39 Å². The van der Waals surface area contributed by atoms with Crippen LogP contribution in [0.4, 0.5) is 4.39 Å². The molecular weight excluding hydrogens is 309 g/mol. The molecule has 1 unspecified atom stereocenters. The second-order valence-electron chi connectivity index (χ2n) is 4.20. The Kier molecular flexibility index (Phi) is 4.93. The highest BCUT2D eigenvalue weighted by molar-refractivity contribution is 9.10. The lowest BCUT2D eigenvalue weighted by Gasteiger charge is -2.14. The minimum atomic E-state index is -0.374. The quantitative estimate of drug-likeness (QED) is 0.900. The first kappa shape index (κ1) is 14.0. The number of nitrogens with two attached hydrogens (primary N) is 1. The molecule has 0 fully saturated rings. The first-order chi connectivity index (χ1) is 9.18. The van der Waals surface area contributed by atoms with Crippen LogP contribution in [0, 0.1) is 5.82 Å². The van der Waals surface area contributed by atoms with Crippen molar-refractivity contribution in [3.63, 3.8) is 0 Å². The van der Waals surface area contributed by atoms with Gasteiger partial charge in [-0.1, -0.05) is 30.3 Å². The fraction of sp³-hybridized carbons (Fsp3) is 0.200. The number of benzene rings is 2. The molecule has 0 saturated heterocycles. The summed E-state index contributed by atoms with van der Waals surface area (Å²) in [7, 11) is 0. The van der Waals surface area contributed by atoms with E-state index in [9.17, 15) is 4.39 Å². The molecule has 2 nitrogen and oxygen atoms in total. The zero-order valence-electron chi connectivity index (χ0n) is 10.4. The van der Waals surface area contributed by atoms with Gasteiger partial charge >= 0.3 is 0 Å². The summed E-state index contributed by atoms with van der Waals surface area (Å²) < 4.78 is 19.8. The first-order valence-electron chi connectivity index (χ1n) is 6.06. The number of hydrogen-bond acceptors (Lipinski definition) is 2. The molecule has 0 aliphatic carbocycles. The third-order valence-corrected chi connectivity index (χ3v) is 3.43.